The molecule has 0 bridgehead atoms. The van der Waals surface area contributed by atoms with Crippen molar-refractivity contribution in [3.05, 3.63) is 30.1 Å². The molecule has 2 nitrogen and oxygen atoms in total. The van der Waals surface area contributed by atoms with E-state index >= 15 is 0 Å². The van der Waals surface area contributed by atoms with Crippen molar-refractivity contribution in [1.29, 1.82) is 0 Å². The van der Waals surface area contributed by atoms with Gasteiger partial charge in [0, 0.05) is 12.4 Å². The molecule has 0 spiro atoms. The van der Waals surface area contributed by atoms with E-state index in [2.05, 4.69) is 23.3 Å². The number of hydrogen-bond donors (Lipinski definition) is 1. The Bertz CT molecular complexity index is 258. The average Bonchev–Trinajstić information content (AvgIpc) is 2.95. The Labute approximate surface area is 79.4 Å². The lowest BCUT2D eigenvalue weighted by atomic mass is 10.1. The third-order valence-corrected chi connectivity index (χ3v) is 2.69. The molecule has 0 amide bonds. The fraction of sp³-hybridized carbons (Fsp3) is 0.545. The van der Waals surface area contributed by atoms with E-state index in [0.29, 0.717) is 0 Å². The van der Waals surface area contributed by atoms with Gasteiger partial charge in [0.1, 0.15) is 0 Å². The summed E-state index contributed by atoms with van der Waals surface area (Å²) in [6, 6.07) is 4.21. The minimum Gasteiger partial charge on any atom is -0.317 e. The van der Waals surface area contributed by atoms with Gasteiger partial charge in [-0.15, -0.1) is 0 Å². The zero-order valence-corrected chi connectivity index (χ0v) is 8.03. The smallest absolute Gasteiger partial charge is 0.0302 e. The van der Waals surface area contributed by atoms with Gasteiger partial charge >= 0.3 is 0 Å². The molecule has 0 saturated heterocycles. The van der Waals surface area contributed by atoms with Crippen LogP contribution < -0.4 is 5.32 Å². The number of aromatic nitrogens is 1. The molecule has 0 aromatic carbocycles. The van der Waals surface area contributed by atoms with Gasteiger partial charge in [0.2, 0.25) is 0 Å². The van der Waals surface area contributed by atoms with Crippen LogP contribution in [0.1, 0.15) is 24.8 Å². The predicted octanol–water partition coefficient (Wildman–Crippen LogP) is 1.79. The molecule has 0 radical (unpaired) electrons. The number of hydrogen-bond acceptors (Lipinski definition) is 2. The summed E-state index contributed by atoms with van der Waals surface area (Å²) < 4.78 is 0. The second-order valence-electron chi connectivity index (χ2n) is 3.70. The van der Waals surface area contributed by atoms with E-state index in [1.807, 2.05) is 18.5 Å². The molecule has 1 fully saturated rings. The summed E-state index contributed by atoms with van der Waals surface area (Å²) in [5.74, 6) is 1.62. The van der Waals surface area contributed by atoms with Crippen LogP contribution in [0.25, 0.3) is 0 Å². The molecule has 2 atom stereocenters. The highest BCUT2D eigenvalue weighted by atomic mass is 14.9. The van der Waals surface area contributed by atoms with Gasteiger partial charge in [-0.25, -0.2) is 0 Å². The third-order valence-electron chi connectivity index (χ3n) is 2.69. The second kappa shape index (κ2) is 3.88. The molecule has 1 aliphatic rings. The SMILES string of the molecule is CCNCC1CC1c1cccnc1. The number of nitrogens with one attached hydrogen (secondary N) is 1. The van der Waals surface area contributed by atoms with Crippen molar-refractivity contribution in [2.45, 2.75) is 19.3 Å². The molecule has 2 heteroatoms. The van der Waals surface area contributed by atoms with E-state index in [-0.39, 0.29) is 0 Å². The molecular formula is C11H16N2. The van der Waals surface area contributed by atoms with Crippen LogP contribution in [-0.4, -0.2) is 18.1 Å². The summed E-state index contributed by atoms with van der Waals surface area (Å²) >= 11 is 0. The lowest BCUT2D eigenvalue weighted by Gasteiger charge is -2.00. The average molecular weight is 176 g/mol. The third kappa shape index (κ3) is 2.07. The molecule has 0 aliphatic heterocycles. The van der Waals surface area contributed by atoms with E-state index in [0.717, 1.165) is 24.9 Å². The number of pyridine rings is 1. The summed E-state index contributed by atoms with van der Waals surface area (Å²) in [6.45, 7) is 4.40. The minimum absolute atomic E-state index is 0.771. The van der Waals surface area contributed by atoms with E-state index in [1.54, 1.807) is 0 Å². The van der Waals surface area contributed by atoms with E-state index in [9.17, 15) is 0 Å². The van der Waals surface area contributed by atoms with Crippen molar-refractivity contribution in [1.82, 2.24) is 10.3 Å². The van der Waals surface area contributed by atoms with E-state index in [1.165, 1.54) is 12.0 Å². The lowest BCUT2D eigenvalue weighted by molar-refractivity contribution is 0.649. The molecule has 13 heavy (non-hydrogen) atoms. The van der Waals surface area contributed by atoms with Gasteiger partial charge in [-0.3, -0.25) is 4.98 Å². The molecule has 1 heterocycles. The van der Waals surface area contributed by atoms with Gasteiger partial charge in [0.05, 0.1) is 0 Å². The highest BCUT2D eigenvalue weighted by Gasteiger charge is 2.37. The van der Waals surface area contributed by atoms with Crippen LogP contribution >= 0.6 is 0 Å². The summed E-state index contributed by atoms with van der Waals surface area (Å²) in [6.07, 6.45) is 5.17. The highest BCUT2D eigenvalue weighted by molar-refractivity contribution is 5.22. The predicted molar refractivity (Wildman–Crippen MR) is 53.6 cm³/mol. The van der Waals surface area contributed by atoms with Crippen LogP contribution in [0.4, 0.5) is 0 Å². The monoisotopic (exact) mass is 176 g/mol. The van der Waals surface area contributed by atoms with Gasteiger partial charge in [0.15, 0.2) is 0 Å². The Morgan fingerprint density at radius 2 is 2.54 bits per heavy atom. The van der Waals surface area contributed by atoms with Crippen LogP contribution in [-0.2, 0) is 0 Å². The van der Waals surface area contributed by atoms with Gasteiger partial charge < -0.3 is 5.32 Å². The molecule has 1 aliphatic carbocycles. The summed E-state index contributed by atoms with van der Waals surface area (Å²) in [5.41, 5.74) is 1.41. The highest BCUT2D eigenvalue weighted by Crippen LogP contribution is 2.46. The molecule has 2 rings (SSSR count). The lowest BCUT2D eigenvalue weighted by Crippen LogP contribution is -2.16. The maximum atomic E-state index is 4.14. The zero-order chi connectivity index (χ0) is 9.10. The van der Waals surface area contributed by atoms with Crippen molar-refractivity contribution in [3.8, 4) is 0 Å². The normalized spacial score (nSPS) is 25.9. The van der Waals surface area contributed by atoms with Crippen molar-refractivity contribution in [2.75, 3.05) is 13.1 Å². The Morgan fingerprint density at radius 1 is 1.62 bits per heavy atom. The van der Waals surface area contributed by atoms with Crippen LogP contribution in [0, 0.1) is 5.92 Å². The number of nitrogens with zero attached hydrogens (tertiary/aromatic N) is 1. The van der Waals surface area contributed by atoms with Crippen molar-refractivity contribution in [2.24, 2.45) is 5.92 Å². The first kappa shape index (κ1) is 8.70. The Balaban J connectivity index is 1.86. The summed E-state index contributed by atoms with van der Waals surface area (Å²) in [4.78, 5) is 4.14. The second-order valence-corrected chi connectivity index (χ2v) is 3.70. The Kier molecular flexibility index (Phi) is 2.60. The maximum absolute atomic E-state index is 4.14. The fourth-order valence-electron chi connectivity index (χ4n) is 1.81. The molecule has 70 valence electrons. The first-order valence-corrected chi connectivity index (χ1v) is 5.02. The van der Waals surface area contributed by atoms with Crippen molar-refractivity contribution < 1.29 is 0 Å². The van der Waals surface area contributed by atoms with Gasteiger partial charge in [-0.1, -0.05) is 13.0 Å². The van der Waals surface area contributed by atoms with Crippen LogP contribution in [0.2, 0.25) is 0 Å². The zero-order valence-electron chi connectivity index (χ0n) is 8.03. The fourth-order valence-corrected chi connectivity index (χ4v) is 1.81. The van der Waals surface area contributed by atoms with Crippen molar-refractivity contribution >= 4 is 0 Å². The number of rotatable bonds is 4. The van der Waals surface area contributed by atoms with Gasteiger partial charge in [-0.2, -0.15) is 0 Å². The molecule has 1 aromatic rings. The first-order chi connectivity index (χ1) is 6.42. The Morgan fingerprint density at radius 3 is 3.23 bits per heavy atom. The Hall–Kier alpha value is -0.890. The summed E-state index contributed by atoms with van der Waals surface area (Å²) in [7, 11) is 0. The molecule has 1 aromatic heterocycles. The molecule has 1 N–H and O–H groups in total. The maximum Gasteiger partial charge on any atom is 0.0302 e. The summed E-state index contributed by atoms with van der Waals surface area (Å²) in [5, 5.41) is 3.39. The molecule has 2 unspecified atom stereocenters. The van der Waals surface area contributed by atoms with Gasteiger partial charge in [0.25, 0.3) is 0 Å². The quantitative estimate of drug-likeness (QED) is 0.756. The van der Waals surface area contributed by atoms with Gasteiger partial charge in [-0.05, 0) is 43.0 Å². The topological polar surface area (TPSA) is 24.9 Å². The molecular weight excluding hydrogens is 160 g/mol. The minimum atomic E-state index is 0.771. The largest absolute Gasteiger partial charge is 0.317 e. The standard InChI is InChI=1S/C11H16N2/c1-2-12-8-10-6-11(10)9-4-3-5-13-7-9/h3-5,7,10-12H,2,6,8H2,1H3. The van der Waals surface area contributed by atoms with E-state index in [4.69, 9.17) is 0 Å². The van der Waals surface area contributed by atoms with Crippen LogP contribution in [0.3, 0.4) is 0 Å². The van der Waals surface area contributed by atoms with Crippen LogP contribution in [0.15, 0.2) is 24.5 Å². The van der Waals surface area contributed by atoms with E-state index < -0.39 is 0 Å². The van der Waals surface area contributed by atoms with Crippen molar-refractivity contribution in [3.63, 3.8) is 0 Å². The van der Waals surface area contributed by atoms with Crippen LogP contribution in [0.5, 0.6) is 0 Å². The first-order valence-electron chi connectivity index (χ1n) is 5.02. The molecule has 1 saturated carbocycles.